The number of aliphatic hydroxyl groups is 1. The van der Waals surface area contributed by atoms with Crippen LogP contribution >= 0.6 is 0 Å². The van der Waals surface area contributed by atoms with Crippen molar-refractivity contribution in [3.05, 3.63) is 83.4 Å². The van der Waals surface area contributed by atoms with Gasteiger partial charge in [-0.2, -0.15) is 0 Å². The van der Waals surface area contributed by atoms with Gasteiger partial charge in [-0.05, 0) is 42.5 Å². The monoisotopic (exact) mass is 337 g/mol. The van der Waals surface area contributed by atoms with E-state index in [-0.39, 0.29) is 12.2 Å². The number of hydrogen-bond acceptors (Lipinski definition) is 3. The van der Waals surface area contributed by atoms with Crippen molar-refractivity contribution in [2.75, 3.05) is 6.54 Å². The number of ketones is 1. The summed E-state index contributed by atoms with van der Waals surface area (Å²) in [6.45, 7) is 0.389. The molecule has 1 atom stereocenters. The fourth-order valence-electron chi connectivity index (χ4n) is 2.80. The predicted octanol–water partition coefficient (Wildman–Crippen LogP) is 3.46. The Bertz CT molecular complexity index is 665. The van der Waals surface area contributed by atoms with Gasteiger partial charge in [-0.15, -0.1) is 0 Å². The first-order valence-electron chi connectivity index (χ1n) is 8.87. The summed E-state index contributed by atoms with van der Waals surface area (Å²) < 4.78 is 0. The Kier molecular flexibility index (Phi) is 8.10. The minimum absolute atomic E-state index is 0.0119. The van der Waals surface area contributed by atoms with E-state index in [1.807, 2.05) is 54.6 Å². The molecule has 3 N–H and O–H groups in total. The maximum Gasteiger partial charge on any atom is 0.161 e. The Morgan fingerprint density at radius 2 is 1.60 bits per heavy atom. The van der Waals surface area contributed by atoms with Crippen molar-refractivity contribution in [1.29, 1.82) is 0 Å². The standard InChI is InChI=1S/C22H27NO2/c23-15-14-21(24)17-22(25)20(16-19-10-5-2-6-11-19)13-7-12-18-8-3-1-4-9-18/h1-6,8-11,13,21,24H,7,12,14-17,23H2/b20-13+. The molecule has 0 aliphatic heterocycles. The highest BCUT2D eigenvalue weighted by Crippen LogP contribution is 2.15. The maximum atomic E-state index is 12.6. The molecule has 3 nitrogen and oxygen atoms in total. The van der Waals surface area contributed by atoms with Gasteiger partial charge >= 0.3 is 0 Å². The minimum Gasteiger partial charge on any atom is -0.393 e. The van der Waals surface area contributed by atoms with Crippen molar-refractivity contribution in [3.63, 3.8) is 0 Å². The molecule has 0 spiro atoms. The van der Waals surface area contributed by atoms with E-state index in [0.717, 1.165) is 24.0 Å². The number of aryl methyl sites for hydroxylation is 1. The van der Waals surface area contributed by atoms with E-state index in [0.29, 0.717) is 19.4 Å². The largest absolute Gasteiger partial charge is 0.393 e. The highest BCUT2D eigenvalue weighted by molar-refractivity contribution is 5.96. The molecule has 0 fully saturated rings. The number of rotatable bonds is 10. The van der Waals surface area contributed by atoms with Crippen molar-refractivity contribution in [2.24, 2.45) is 5.73 Å². The number of aliphatic hydroxyl groups excluding tert-OH is 1. The van der Waals surface area contributed by atoms with E-state index in [9.17, 15) is 9.90 Å². The molecule has 3 heteroatoms. The Morgan fingerprint density at radius 3 is 2.20 bits per heavy atom. The number of carbonyl (C=O) groups excluding carboxylic acids is 1. The number of allylic oxidation sites excluding steroid dienone is 2. The molecule has 2 aromatic carbocycles. The van der Waals surface area contributed by atoms with E-state index in [1.165, 1.54) is 5.56 Å². The Balaban J connectivity index is 2.04. The molecule has 0 amide bonds. The average Bonchev–Trinajstić information content (AvgIpc) is 2.63. The SMILES string of the molecule is NCCC(O)CC(=O)/C(=C/CCc1ccccc1)Cc1ccccc1. The molecule has 0 radical (unpaired) electrons. The first kappa shape index (κ1) is 19.1. The van der Waals surface area contributed by atoms with Crippen molar-refractivity contribution in [3.8, 4) is 0 Å². The summed E-state index contributed by atoms with van der Waals surface area (Å²) in [6.07, 6.45) is 4.27. The quantitative estimate of drug-likeness (QED) is 0.653. The molecule has 2 rings (SSSR count). The molecule has 0 aromatic heterocycles. The normalized spacial score (nSPS) is 12.8. The minimum atomic E-state index is -0.661. The van der Waals surface area contributed by atoms with Crippen molar-refractivity contribution < 1.29 is 9.90 Å². The van der Waals surface area contributed by atoms with Crippen LogP contribution in [0.15, 0.2) is 72.3 Å². The summed E-state index contributed by atoms with van der Waals surface area (Å²) in [5.74, 6) is 0.0119. The Hall–Kier alpha value is -2.23. The summed E-state index contributed by atoms with van der Waals surface area (Å²) in [5, 5.41) is 9.91. The van der Waals surface area contributed by atoms with Gasteiger partial charge in [0.1, 0.15) is 0 Å². The summed E-state index contributed by atoms with van der Waals surface area (Å²) in [5.41, 5.74) is 8.60. The van der Waals surface area contributed by atoms with Crippen molar-refractivity contribution in [1.82, 2.24) is 0 Å². The Labute approximate surface area is 150 Å². The second-order valence-corrected chi connectivity index (χ2v) is 6.27. The van der Waals surface area contributed by atoms with Crippen LogP contribution in [0, 0.1) is 0 Å². The van der Waals surface area contributed by atoms with Crippen LogP contribution in [0.25, 0.3) is 0 Å². The van der Waals surface area contributed by atoms with Crippen LogP contribution < -0.4 is 5.73 Å². The molecule has 25 heavy (non-hydrogen) atoms. The van der Waals surface area contributed by atoms with Crippen LogP contribution in [-0.2, 0) is 17.6 Å². The molecule has 2 aromatic rings. The second kappa shape index (κ2) is 10.6. The number of benzene rings is 2. The first-order chi connectivity index (χ1) is 12.2. The molecule has 0 saturated heterocycles. The fraction of sp³-hybridized carbons (Fsp3) is 0.318. The topological polar surface area (TPSA) is 63.3 Å². The van der Waals surface area contributed by atoms with Gasteiger partial charge in [0, 0.05) is 12.8 Å². The van der Waals surface area contributed by atoms with E-state index in [4.69, 9.17) is 5.73 Å². The number of Topliss-reactive ketones (excluding diaryl/α,β-unsaturated/α-hetero) is 1. The zero-order chi connectivity index (χ0) is 17.9. The fourth-order valence-corrected chi connectivity index (χ4v) is 2.80. The van der Waals surface area contributed by atoms with E-state index in [1.54, 1.807) is 0 Å². The molecular formula is C22H27NO2. The van der Waals surface area contributed by atoms with Gasteiger partial charge in [0.2, 0.25) is 0 Å². The molecule has 0 bridgehead atoms. The lowest BCUT2D eigenvalue weighted by Crippen LogP contribution is -2.19. The summed E-state index contributed by atoms with van der Waals surface area (Å²) in [4.78, 5) is 12.6. The van der Waals surface area contributed by atoms with Gasteiger partial charge < -0.3 is 10.8 Å². The van der Waals surface area contributed by atoms with Crippen molar-refractivity contribution in [2.45, 2.75) is 38.2 Å². The van der Waals surface area contributed by atoms with Crippen molar-refractivity contribution >= 4 is 5.78 Å². The number of nitrogens with two attached hydrogens (primary N) is 1. The van der Waals surface area contributed by atoms with Crippen LogP contribution in [0.4, 0.5) is 0 Å². The van der Waals surface area contributed by atoms with Gasteiger partial charge in [-0.1, -0.05) is 66.7 Å². The smallest absolute Gasteiger partial charge is 0.161 e. The lowest BCUT2D eigenvalue weighted by molar-refractivity contribution is -0.117. The van der Waals surface area contributed by atoms with Crippen LogP contribution in [0.3, 0.4) is 0 Å². The molecule has 0 heterocycles. The highest BCUT2D eigenvalue weighted by atomic mass is 16.3. The van der Waals surface area contributed by atoms with E-state index < -0.39 is 6.10 Å². The van der Waals surface area contributed by atoms with Gasteiger partial charge in [0.15, 0.2) is 5.78 Å². The van der Waals surface area contributed by atoms with Gasteiger partial charge in [-0.25, -0.2) is 0 Å². The Morgan fingerprint density at radius 1 is 1.00 bits per heavy atom. The summed E-state index contributed by atoms with van der Waals surface area (Å²) >= 11 is 0. The van der Waals surface area contributed by atoms with E-state index in [2.05, 4.69) is 12.1 Å². The molecule has 0 aliphatic rings. The highest BCUT2D eigenvalue weighted by Gasteiger charge is 2.15. The third-order valence-corrected chi connectivity index (χ3v) is 4.18. The second-order valence-electron chi connectivity index (χ2n) is 6.27. The lowest BCUT2D eigenvalue weighted by Gasteiger charge is -2.11. The molecule has 1 unspecified atom stereocenters. The van der Waals surface area contributed by atoms with Gasteiger partial charge in [0.05, 0.1) is 6.10 Å². The van der Waals surface area contributed by atoms with Crippen LogP contribution in [0.1, 0.15) is 30.4 Å². The van der Waals surface area contributed by atoms with Crippen LogP contribution in [-0.4, -0.2) is 23.5 Å². The third kappa shape index (κ3) is 7.04. The van der Waals surface area contributed by atoms with Crippen LogP contribution in [0.5, 0.6) is 0 Å². The lowest BCUT2D eigenvalue weighted by atomic mass is 9.95. The van der Waals surface area contributed by atoms with Gasteiger partial charge in [0.25, 0.3) is 0 Å². The zero-order valence-electron chi connectivity index (χ0n) is 14.6. The predicted molar refractivity (Wildman–Crippen MR) is 102 cm³/mol. The first-order valence-corrected chi connectivity index (χ1v) is 8.87. The van der Waals surface area contributed by atoms with E-state index >= 15 is 0 Å². The molecule has 132 valence electrons. The van der Waals surface area contributed by atoms with Crippen LogP contribution in [0.2, 0.25) is 0 Å². The third-order valence-electron chi connectivity index (χ3n) is 4.18. The molecular weight excluding hydrogens is 310 g/mol. The summed E-state index contributed by atoms with van der Waals surface area (Å²) in [6, 6.07) is 20.2. The molecule has 0 saturated carbocycles. The summed E-state index contributed by atoms with van der Waals surface area (Å²) in [7, 11) is 0. The number of hydrogen-bond donors (Lipinski definition) is 2. The molecule has 0 aliphatic carbocycles. The average molecular weight is 337 g/mol. The van der Waals surface area contributed by atoms with Gasteiger partial charge in [-0.3, -0.25) is 4.79 Å². The maximum absolute atomic E-state index is 12.6. The zero-order valence-corrected chi connectivity index (χ0v) is 14.6. The number of carbonyl (C=O) groups is 1.